The molecule has 1 aliphatic carbocycles. The fourth-order valence-electron chi connectivity index (χ4n) is 10.3. The van der Waals surface area contributed by atoms with Gasteiger partial charge in [-0.3, -0.25) is 4.79 Å². The van der Waals surface area contributed by atoms with Gasteiger partial charge in [0.15, 0.2) is 5.76 Å². The van der Waals surface area contributed by atoms with Crippen molar-refractivity contribution in [2.24, 2.45) is 4.90 Å². The maximum Gasteiger partial charge on any atom is 0.428 e. The van der Waals surface area contributed by atoms with E-state index >= 15 is 4.79 Å². The predicted molar refractivity (Wildman–Crippen MR) is 257 cm³/mol. The SMILES string of the molecule is COOC1=C(c2ccc3cccc4c3c2NB(c2cc3ccccc3c3ccccc23)N4)C(=O)C1=c1ccc2cccc3c2c1=NB(c1cc2ccccc2c2ccccc12)N3. The topological polar surface area (TPSA) is 84.0 Å². The van der Waals surface area contributed by atoms with Gasteiger partial charge in [0.05, 0.1) is 23.6 Å². The molecule has 10 aromatic carbocycles. The summed E-state index contributed by atoms with van der Waals surface area (Å²) < 4.78 is 0. The molecule has 3 N–H and O–H groups in total. The third kappa shape index (κ3) is 5.00. The molecule has 0 saturated carbocycles. The maximum absolute atomic E-state index is 15.1. The third-order valence-corrected chi connectivity index (χ3v) is 13.0. The fraction of sp³-hybridized carbons (Fsp3) is 0.0189. The van der Waals surface area contributed by atoms with Crippen molar-refractivity contribution >= 4 is 124 Å². The largest absolute Gasteiger partial charge is 0.428 e. The molecule has 0 unspecified atom stereocenters. The summed E-state index contributed by atoms with van der Waals surface area (Å²) in [5.74, 6) is 0.251. The molecule has 0 bridgehead atoms. The molecule has 10 aromatic rings. The minimum absolute atomic E-state index is 0.132. The Labute approximate surface area is 356 Å². The zero-order valence-corrected chi connectivity index (χ0v) is 33.5. The van der Waals surface area contributed by atoms with Crippen molar-refractivity contribution in [2.45, 2.75) is 0 Å². The van der Waals surface area contributed by atoms with Crippen LogP contribution in [0.4, 0.5) is 17.1 Å². The fourth-order valence-corrected chi connectivity index (χ4v) is 10.3. The first kappa shape index (κ1) is 34.9. The number of carbonyl (C=O) groups excluding carboxylic acids is 1. The molecular weight excluding hydrogens is 762 g/mol. The second-order valence-electron chi connectivity index (χ2n) is 16.3. The van der Waals surface area contributed by atoms with Crippen LogP contribution < -0.4 is 37.2 Å². The Balaban J connectivity index is 1.02. The van der Waals surface area contributed by atoms with Crippen LogP contribution in [-0.4, -0.2) is 26.9 Å². The van der Waals surface area contributed by atoms with Crippen LogP contribution >= 0.6 is 0 Å². The summed E-state index contributed by atoms with van der Waals surface area (Å²) in [6.07, 6.45) is 0. The molecule has 0 amide bonds. The molecule has 0 radical (unpaired) electrons. The van der Waals surface area contributed by atoms with Gasteiger partial charge < -0.3 is 25.5 Å². The zero-order chi connectivity index (χ0) is 41.1. The van der Waals surface area contributed by atoms with Crippen LogP contribution in [0.25, 0.3) is 75.8 Å². The lowest BCUT2D eigenvalue weighted by molar-refractivity contribution is -0.232. The Morgan fingerprint density at radius 1 is 0.500 bits per heavy atom. The van der Waals surface area contributed by atoms with Crippen molar-refractivity contribution in [1.29, 1.82) is 0 Å². The molecule has 0 saturated heterocycles. The van der Waals surface area contributed by atoms with Crippen LogP contribution in [0, 0.1) is 0 Å². The van der Waals surface area contributed by atoms with Crippen molar-refractivity contribution < 1.29 is 14.6 Å². The van der Waals surface area contributed by atoms with Gasteiger partial charge in [0.25, 0.3) is 0 Å². The molecule has 62 heavy (non-hydrogen) atoms. The van der Waals surface area contributed by atoms with E-state index in [0.29, 0.717) is 22.1 Å². The van der Waals surface area contributed by atoms with Crippen molar-refractivity contribution in [3.63, 3.8) is 0 Å². The van der Waals surface area contributed by atoms with E-state index in [2.05, 4.69) is 173 Å². The van der Waals surface area contributed by atoms with E-state index in [4.69, 9.17) is 14.7 Å². The average molecular weight is 797 g/mol. The first-order chi connectivity index (χ1) is 30.6. The van der Waals surface area contributed by atoms with E-state index in [0.717, 1.165) is 82.0 Å². The molecule has 3 aliphatic rings. The number of carbonyl (C=O) groups is 1. The first-order valence-electron chi connectivity index (χ1n) is 20.9. The van der Waals surface area contributed by atoms with Gasteiger partial charge in [-0.2, -0.15) is 4.89 Å². The van der Waals surface area contributed by atoms with Crippen molar-refractivity contribution in [1.82, 2.24) is 0 Å². The zero-order valence-electron chi connectivity index (χ0n) is 33.5. The molecule has 0 spiro atoms. The highest BCUT2D eigenvalue weighted by Crippen LogP contribution is 2.46. The number of hydrogen-bond donors (Lipinski definition) is 3. The molecule has 0 atom stereocenters. The lowest BCUT2D eigenvalue weighted by Gasteiger charge is -2.32. The number of ketones is 1. The quantitative estimate of drug-likeness (QED) is 0.0699. The van der Waals surface area contributed by atoms with Gasteiger partial charge in [0.1, 0.15) is 0 Å². The second-order valence-corrected chi connectivity index (χ2v) is 16.3. The van der Waals surface area contributed by atoms with Crippen LogP contribution in [0.15, 0.2) is 181 Å². The third-order valence-electron chi connectivity index (χ3n) is 13.0. The van der Waals surface area contributed by atoms with Gasteiger partial charge >= 0.3 is 14.0 Å². The Hall–Kier alpha value is -7.87. The smallest absolute Gasteiger partial charge is 0.405 e. The minimum atomic E-state index is -0.419. The van der Waals surface area contributed by atoms with E-state index in [1.807, 2.05) is 12.1 Å². The number of benzene rings is 10. The molecule has 7 nitrogen and oxygen atoms in total. The monoisotopic (exact) mass is 796 g/mol. The minimum Gasteiger partial charge on any atom is -0.405 e. The van der Waals surface area contributed by atoms with E-state index in [1.165, 1.54) is 28.7 Å². The summed E-state index contributed by atoms with van der Waals surface area (Å²) in [7, 11) is 1.48. The van der Waals surface area contributed by atoms with Crippen LogP contribution in [0.1, 0.15) is 5.56 Å². The number of anilines is 3. The van der Waals surface area contributed by atoms with E-state index in [-0.39, 0.29) is 12.8 Å². The van der Waals surface area contributed by atoms with Gasteiger partial charge in [0, 0.05) is 38.6 Å². The van der Waals surface area contributed by atoms with E-state index in [1.54, 1.807) is 0 Å². The molecule has 290 valence electrons. The number of nitrogens with zero attached hydrogens (tertiary/aromatic N) is 1. The highest BCUT2D eigenvalue weighted by Gasteiger charge is 2.42. The Morgan fingerprint density at radius 2 is 1.06 bits per heavy atom. The van der Waals surface area contributed by atoms with E-state index < -0.39 is 6.98 Å². The first-order valence-corrected chi connectivity index (χ1v) is 20.9. The van der Waals surface area contributed by atoms with Gasteiger partial charge in [-0.05, 0) is 76.9 Å². The van der Waals surface area contributed by atoms with Gasteiger partial charge in [-0.15, -0.1) is 0 Å². The molecule has 0 fully saturated rings. The molecule has 2 heterocycles. The Bertz CT molecular complexity index is 3810. The lowest BCUT2D eigenvalue weighted by atomic mass is 9.63. The number of allylic oxidation sites excluding steroid dienone is 2. The van der Waals surface area contributed by atoms with Crippen molar-refractivity contribution in [2.75, 3.05) is 22.8 Å². The normalized spacial score (nSPS) is 15.2. The number of rotatable bonds is 5. The van der Waals surface area contributed by atoms with Crippen LogP contribution in [0.3, 0.4) is 0 Å². The number of nitrogens with one attached hydrogen (secondary N) is 3. The van der Waals surface area contributed by atoms with Gasteiger partial charge in [0.2, 0.25) is 5.78 Å². The second kappa shape index (κ2) is 13.3. The summed E-state index contributed by atoms with van der Waals surface area (Å²) in [4.78, 5) is 32.1. The number of hydrogen-bond acceptors (Lipinski definition) is 7. The molecule has 9 heteroatoms. The van der Waals surface area contributed by atoms with Gasteiger partial charge in [-0.1, -0.05) is 158 Å². The maximum atomic E-state index is 15.1. The summed E-state index contributed by atoms with van der Waals surface area (Å²) in [6, 6.07) is 59.2. The summed E-state index contributed by atoms with van der Waals surface area (Å²) >= 11 is 0. The highest BCUT2D eigenvalue weighted by molar-refractivity contribution is 6.82. The van der Waals surface area contributed by atoms with Crippen LogP contribution in [-0.2, 0) is 14.6 Å². The summed E-state index contributed by atoms with van der Waals surface area (Å²) in [5, 5.41) is 26.3. The summed E-state index contributed by atoms with van der Waals surface area (Å²) in [5.41, 5.74) is 6.61. The highest BCUT2D eigenvalue weighted by atomic mass is 17.2. The van der Waals surface area contributed by atoms with Crippen molar-refractivity contribution in [3.8, 4) is 0 Å². The Morgan fingerprint density at radius 3 is 1.76 bits per heavy atom. The molecule has 2 aliphatic heterocycles. The average Bonchev–Trinajstić information content (AvgIpc) is 3.32. The molecule has 0 aromatic heterocycles. The number of Topliss-reactive ketones (excluding diaryl/α,β-unsaturated/α-hetero) is 1. The van der Waals surface area contributed by atoms with Crippen LogP contribution in [0.5, 0.6) is 0 Å². The van der Waals surface area contributed by atoms with Gasteiger partial charge in [-0.25, -0.2) is 0 Å². The van der Waals surface area contributed by atoms with E-state index in [9.17, 15) is 0 Å². The van der Waals surface area contributed by atoms with Crippen LogP contribution in [0.2, 0.25) is 0 Å². The number of fused-ring (bicyclic) bond motifs is 6. The summed E-state index contributed by atoms with van der Waals surface area (Å²) in [6.45, 7) is -0.717. The molecule has 13 rings (SSSR count). The standard InChI is InChI=1S/C53H34B2N4O3/c1-61-62-53-48(40-26-24-30-14-10-22-44-46(30)50(40)58-54(56-44)42-28-32-12-2-4-16-34(32)36-18-6-8-20-38(36)42)52(60)49(53)41-27-25-31-15-11-23-45-47(31)51(41)59-55(57-45)43-29-33-13-3-5-17-35(33)37-19-7-9-21-39(37)43/h2-29,56-58H,1H3. The molecular formula is C53H34B2N4O3. The lowest BCUT2D eigenvalue weighted by Crippen LogP contribution is -2.48. The van der Waals surface area contributed by atoms with Crippen molar-refractivity contribution in [3.05, 3.63) is 192 Å². The predicted octanol–water partition coefficient (Wildman–Crippen LogP) is 9.00. The Kier molecular flexibility index (Phi) is 7.50.